The Morgan fingerprint density at radius 2 is 2.16 bits per heavy atom. The first kappa shape index (κ1) is 13.0. The lowest BCUT2D eigenvalue weighted by Gasteiger charge is -2.05. The van der Waals surface area contributed by atoms with Crippen LogP contribution >= 0.6 is 0 Å². The summed E-state index contributed by atoms with van der Waals surface area (Å²) in [6, 6.07) is 5.08. The molecule has 0 aliphatic rings. The molecule has 2 aromatic rings. The fraction of sp³-hybridized carbons (Fsp3) is 0.333. The van der Waals surface area contributed by atoms with Crippen molar-refractivity contribution in [2.24, 2.45) is 7.05 Å². The normalized spacial score (nSPS) is 10.2. The van der Waals surface area contributed by atoms with Crippen LogP contribution in [0.1, 0.15) is 23.8 Å². The van der Waals surface area contributed by atoms with Gasteiger partial charge in [0.15, 0.2) is 5.69 Å². The molecule has 1 amide bonds. The molecular weight excluding hydrogens is 244 g/mol. The number of anilines is 2. The first-order valence-corrected chi connectivity index (χ1v) is 6.07. The van der Waals surface area contributed by atoms with Gasteiger partial charge in [-0.1, -0.05) is 6.92 Å². The Balaban J connectivity index is 2.01. The lowest BCUT2D eigenvalue weighted by molar-refractivity contribution is 0.102. The first-order valence-electron chi connectivity index (χ1n) is 6.07. The van der Waals surface area contributed by atoms with Gasteiger partial charge in [0.25, 0.3) is 5.91 Å². The molecule has 0 fully saturated rings. The monoisotopic (exact) mass is 260 g/mol. The molecule has 2 heterocycles. The Hall–Kier alpha value is -2.44. The Morgan fingerprint density at radius 1 is 1.32 bits per heavy atom. The van der Waals surface area contributed by atoms with Crippen LogP contribution in [0.25, 0.3) is 0 Å². The molecule has 0 aromatic carbocycles. The molecule has 0 aliphatic heterocycles. The molecule has 0 atom stereocenters. The van der Waals surface area contributed by atoms with Crippen molar-refractivity contribution in [2.75, 3.05) is 17.2 Å². The highest BCUT2D eigenvalue weighted by molar-refractivity contribution is 6.02. The van der Waals surface area contributed by atoms with Gasteiger partial charge in [0, 0.05) is 19.7 Å². The van der Waals surface area contributed by atoms with Gasteiger partial charge in [-0.05, 0) is 18.6 Å². The van der Waals surface area contributed by atoms with E-state index < -0.39 is 0 Å². The van der Waals surface area contributed by atoms with Gasteiger partial charge >= 0.3 is 0 Å². The van der Waals surface area contributed by atoms with Gasteiger partial charge in [-0.2, -0.15) is 5.10 Å². The Morgan fingerprint density at radius 3 is 2.74 bits per heavy atom. The van der Waals surface area contributed by atoms with Crippen molar-refractivity contribution in [3.8, 4) is 0 Å². The van der Waals surface area contributed by atoms with Crippen LogP contribution in [0.15, 0.2) is 24.4 Å². The van der Waals surface area contributed by atoms with Gasteiger partial charge in [0.05, 0.1) is 6.20 Å². The van der Waals surface area contributed by atoms with E-state index >= 15 is 0 Å². The number of carbonyl (C=O) groups excluding carboxylic acids is 1. The molecule has 19 heavy (non-hydrogen) atoms. The van der Waals surface area contributed by atoms with E-state index in [9.17, 15) is 4.79 Å². The molecule has 7 heteroatoms. The van der Waals surface area contributed by atoms with E-state index in [1.807, 2.05) is 0 Å². The van der Waals surface area contributed by atoms with Crippen LogP contribution in [-0.4, -0.2) is 32.4 Å². The van der Waals surface area contributed by atoms with E-state index in [-0.39, 0.29) is 11.6 Å². The molecule has 100 valence electrons. The second-order valence-corrected chi connectivity index (χ2v) is 4.02. The van der Waals surface area contributed by atoms with E-state index in [1.54, 1.807) is 36.1 Å². The minimum Gasteiger partial charge on any atom is -0.369 e. The predicted octanol–water partition coefficient (Wildman–Crippen LogP) is 1.28. The highest BCUT2D eigenvalue weighted by Gasteiger charge is 2.10. The summed E-state index contributed by atoms with van der Waals surface area (Å²) in [5, 5.41) is 17.6. The quantitative estimate of drug-likeness (QED) is 0.846. The van der Waals surface area contributed by atoms with E-state index in [2.05, 4.69) is 32.9 Å². The molecule has 2 rings (SSSR count). The van der Waals surface area contributed by atoms with Gasteiger partial charge < -0.3 is 10.6 Å². The Bertz CT molecular complexity index is 548. The van der Waals surface area contributed by atoms with Crippen molar-refractivity contribution >= 4 is 17.5 Å². The number of amides is 1. The molecule has 0 radical (unpaired) electrons. The van der Waals surface area contributed by atoms with Crippen molar-refractivity contribution in [1.82, 2.24) is 20.0 Å². The van der Waals surface area contributed by atoms with E-state index in [0.717, 1.165) is 13.0 Å². The minimum absolute atomic E-state index is 0.267. The molecule has 0 saturated carbocycles. The van der Waals surface area contributed by atoms with Crippen LogP contribution in [0.4, 0.5) is 11.6 Å². The number of hydrogen-bond donors (Lipinski definition) is 2. The van der Waals surface area contributed by atoms with Gasteiger partial charge in [-0.25, -0.2) is 0 Å². The number of rotatable bonds is 5. The molecule has 0 bridgehead atoms. The van der Waals surface area contributed by atoms with Crippen LogP contribution in [-0.2, 0) is 7.05 Å². The molecule has 7 nitrogen and oxygen atoms in total. The van der Waals surface area contributed by atoms with E-state index in [1.165, 1.54) is 0 Å². The van der Waals surface area contributed by atoms with Crippen LogP contribution in [0.2, 0.25) is 0 Å². The summed E-state index contributed by atoms with van der Waals surface area (Å²) in [6.45, 7) is 2.89. The van der Waals surface area contributed by atoms with E-state index in [0.29, 0.717) is 11.6 Å². The third-order valence-electron chi connectivity index (χ3n) is 2.52. The highest BCUT2D eigenvalue weighted by atomic mass is 16.2. The Labute approximate surface area is 111 Å². The van der Waals surface area contributed by atoms with Crippen LogP contribution in [0.5, 0.6) is 0 Å². The standard InChI is InChI=1S/C12H16N6O/c1-3-7-13-10-5-4-9(16-17-10)12(19)15-11-6-8-14-18(11)2/h4-6,8H,3,7H2,1-2H3,(H,13,17)(H,15,19). The van der Waals surface area contributed by atoms with E-state index in [4.69, 9.17) is 0 Å². The minimum atomic E-state index is -0.307. The van der Waals surface area contributed by atoms with Crippen LogP contribution < -0.4 is 10.6 Å². The first-order chi connectivity index (χ1) is 9.20. The number of aryl methyl sites for hydroxylation is 1. The summed E-state index contributed by atoms with van der Waals surface area (Å²) in [7, 11) is 1.75. The average Bonchev–Trinajstić information content (AvgIpc) is 2.82. The summed E-state index contributed by atoms with van der Waals surface area (Å²) >= 11 is 0. The number of carbonyl (C=O) groups is 1. The number of hydrogen-bond acceptors (Lipinski definition) is 5. The summed E-state index contributed by atoms with van der Waals surface area (Å²) in [6.07, 6.45) is 2.61. The maximum absolute atomic E-state index is 11.9. The maximum Gasteiger partial charge on any atom is 0.277 e. The zero-order valence-corrected chi connectivity index (χ0v) is 10.9. The summed E-state index contributed by atoms with van der Waals surface area (Å²) in [5.74, 6) is 0.969. The predicted molar refractivity (Wildman–Crippen MR) is 72.0 cm³/mol. The second kappa shape index (κ2) is 5.94. The molecule has 2 aromatic heterocycles. The van der Waals surface area contributed by atoms with Gasteiger partial charge in [-0.15, -0.1) is 10.2 Å². The highest BCUT2D eigenvalue weighted by Crippen LogP contribution is 2.07. The molecular formula is C12H16N6O. The lowest BCUT2D eigenvalue weighted by atomic mass is 10.3. The van der Waals surface area contributed by atoms with Crippen molar-refractivity contribution in [1.29, 1.82) is 0 Å². The van der Waals surface area contributed by atoms with Gasteiger partial charge in [-0.3, -0.25) is 9.48 Å². The van der Waals surface area contributed by atoms with Crippen LogP contribution in [0, 0.1) is 0 Å². The SMILES string of the molecule is CCCNc1ccc(C(=O)Nc2ccnn2C)nn1. The topological polar surface area (TPSA) is 84.7 Å². The molecule has 0 unspecified atom stereocenters. The third kappa shape index (κ3) is 3.27. The number of nitrogens with zero attached hydrogens (tertiary/aromatic N) is 4. The zero-order chi connectivity index (χ0) is 13.7. The maximum atomic E-state index is 11.9. The third-order valence-corrected chi connectivity index (χ3v) is 2.52. The zero-order valence-electron chi connectivity index (χ0n) is 10.9. The van der Waals surface area contributed by atoms with Crippen molar-refractivity contribution in [3.63, 3.8) is 0 Å². The van der Waals surface area contributed by atoms with Crippen molar-refractivity contribution in [2.45, 2.75) is 13.3 Å². The Kier molecular flexibility index (Phi) is 4.07. The fourth-order valence-electron chi connectivity index (χ4n) is 1.48. The number of nitrogens with one attached hydrogen (secondary N) is 2. The average molecular weight is 260 g/mol. The fourth-order valence-corrected chi connectivity index (χ4v) is 1.48. The molecule has 2 N–H and O–H groups in total. The van der Waals surface area contributed by atoms with Gasteiger partial charge in [0.2, 0.25) is 0 Å². The van der Waals surface area contributed by atoms with Crippen molar-refractivity contribution in [3.05, 3.63) is 30.1 Å². The largest absolute Gasteiger partial charge is 0.369 e. The summed E-state index contributed by atoms with van der Waals surface area (Å²) < 4.78 is 1.57. The number of aromatic nitrogens is 4. The molecule has 0 spiro atoms. The molecule has 0 saturated heterocycles. The molecule has 0 aliphatic carbocycles. The smallest absolute Gasteiger partial charge is 0.277 e. The van der Waals surface area contributed by atoms with Crippen LogP contribution in [0.3, 0.4) is 0 Å². The van der Waals surface area contributed by atoms with Gasteiger partial charge in [0.1, 0.15) is 11.6 Å². The second-order valence-electron chi connectivity index (χ2n) is 4.02. The lowest BCUT2D eigenvalue weighted by Crippen LogP contribution is -2.17. The summed E-state index contributed by atoms with van der Waals surface area (Å²) in [4.78, 5) is 11.9. The van der Waals surface area contributed by atoms with Crippen molar-refractivity contribution < 1.29 is 4.79 Å². The summed E-state index contributed by atoms with van der Waals surface area (Å²) in [5.41, 5.74) is 0.267.